The Morgan fingerprint density at radius 1 is 1.21 bits per heavy atom. The van der Waals surface area contributed by atoms with Gasteiger partial charge in [-0.05, 0) is 23.6 Å². The maximum Gasteiger partial charge on any atom is 0.172 e. The van der Waals surface area contributed by atoms with E-state index in [1.165, 1.54) is 11.1 Å². The molecule has 1 aliphatic carbocycles. The lowest BCUT2D eigenvalue weighted by Gasteiger charge is -2.32. The molecule has 1 spiro atoms. The predicted molar refractivity (Wildman–Crippen MR) is 50.9 cm³/mol. The largest absolute Gasteiger partial charge is 0.347 e. The topological polar surface area (TPSA) is 31.4 Å². The molecule has 0 amide bonds. The van der Waals surface area contributed by atoms with Gasteiger partial charge in [0.1, 0.15) is 0 Å². The first-order valence-corrected chi connectivity index (χ1v) is 5.08. The monoisotopic (exact) mass is 191 g/mol. The van der Waals surface area contributed by atoms with Gasteiger partial charge in [-0.2, -0.15) is 0 Å². The summed E-state index contributed by atoms with van der Waals surface area (Å²) in [6.45, 7) is 1.47. The zero-order valence-corrected chi connectivity index (χ0v) is 8.03. The first-order chi connectivity index (χ1) is 6.88. The number of fused-ring (bicyclic) bond motifs is 1. The fraction of sp³-hybridized carbons (Fsp3) is 0.545. The van der Waals surface area contributed by atoms with Crippen molar-refractivity contribution in [3.05, 3.63) is 29.6 Å². The number of nitrogens with zero attached hydrogens (tertiary/aromatic N) is 1. The van der Waals surface area contributed by atoms with Crippen molar-refractivity contribution in [2.24, 2.45) is 0 Å². The molecule has 2 heterocycles. The van der Waals surface area contributed by atoms with Crippen molar-refractivity contribution in [2.45, 2.75) is 25.0 Å². The van der Waals surface area contributed by atoms with E-state index in [9.17, 15) is 0 Å². The van der Waals surface area contributed by atoms with Gasteiger partial charge in [-0.15, -0.1) is 0 Å². The Labute approximate surface area is 83.1 Å². The second kappa shape index (κ2) is 3.04. The van der Waals surface area contributed by atoms with E-state index in [4.69, 9.17) is 9.47 Å². The molecule has 0 saturated carbocycles. The van der Waals surface area contributed by atoms with E-state index >= 15 is 0 Å². The Bertz CT molecular complexity index is 345. The van der Waals surface area contributed by atoms with Crippen LogP contribution in [0.5, 0.6) is 0 Å². The van der Waals surface area contributed by atoms with E-state index in [-0.39, 0.29) is 5.79 Å². The summed E-state index contributed by atoms with van der Waals surface area (Å²) in [5.74, 6) is -0.311. The molecule has 3 rings (SSSR count). The summed E-state index contributed by atoms with van der Waals surface area (Å²) in [5, 5.41) is 0. The van der Waals surface area contributed by atoms with Gasteiger partial charge in [-0.1, -0.05) is 0 Å². The molecule has 0 atom stereocenters. The number of ether oxygens (including phenoxy) is 2. The highest BCUT2D eigenvalue weighted by atomic mass is 16.7. The van der Waals surface area contributed by atoms with Crippen LogP contribution in [0.4, 0.5) is 0 Å². The van der Waals surface area contributed by atoms with Crippen LogP contribution in [0.2, 0.25) is 0 Å². The minimum atomic E-state index is -0.311. The van der Waals surface area contributed by atoms with Gasteiger partial charge in [-0.3, -0.25) is 4.98 Å². The zero-order valence-electron chi connectivity index (χ0n) is 8.03. The summed E-state index contributed by atoms with van der Waals surface area (Å²) in [6.07, 6.45) is 6.66. The van der Waals surface area contributed by atoms with Crippen LogP contribution < -0.4 is 0 Å². The van der Waals surface area contributed by atoms with Gasteiger partial charge in [0.2, 0.25) is 0 Å². The Kier molecular flexibility index (Phi) is 1.82. The number of aryl methyl sites for hydroxylation is 1. The van der Waals surface area contributed by atoms with Crippen LogP contribution in [-0.2, 0) is 22.3 Å². The molecule has 0 N–H and O–H groups in total. The van der Waals surface area contributed by atoms with Crippen molar-refractivity contribution in [3.63, 3.8) is 0 Å². The fourth-order valence-electron chi connectivity index (χ4n) is 2.30. The van der Waals surface area contributed by atoms with Crippen molar-refractivity contribution < 1.29 is 9.47 Å². The Morgan fingerprint density at radius 2 is 2.07 bits per heavy atom. The SMILES string of the molecule is c1cc2c(cn1)CCC1(C2)OCCO1. The van der Waals surface area contributed by atoms with Gasteiger partial charge < -0.3 is 9.47 Å². The van der Waals surface area contributed by atoms with E-state index in [1.54, 1.807) is 0 Å². The Hall–Kier alpha value is -0.930. The van der Waals surface area contributed by atoms with E-state index in [1.807, 2.05) is 12.4 Å². The molecule has 74 valence electrons. The molecule has 1 aliphatic heterocycles. The van der Waals surface area contributed by atoms with Crippen molar-refractivity contribution >= 4 is 0 Å². The second-order valence-electron chi connectivity index (χ2n) is 3.93. The van der Waals surface area contributed by atoms with Crippen LogP contribution >= 0.6 is 0 Å². The smallest absolute Gasteiger partial charge is 0.172 e. The summed E-state index contributed by atoms with van der Waals surface area (Å²) >= 11 is 0. The number of hydrogen-bond acceptors (Lipinski definition) is 3. The number of pyridine rings is 1. The maximum atomic E-state index is 5.70. The molecule has 3 nitrogen and oxygen atoms in total. The van der Waals surface area contributed by atoms with Crippen LogP contribution in [-0.4, -0.2) is 24.0 Å². The molecule has 0 radical (unpaired) electrons. The normalized spacial score (nSPS) is 23.7. The summed E-state index contributed by atoms with van der Waals surface area (Å²) < 4.78 is 11.4. The third-order valence-corrected chi connectivity index (χ3v) is 3.05. The minimum absolute atomic E-state index is 0.311. The molecule has 1 aromatic heterocycles. The highest BCUT2D eigenvalue weighted by Gasteiger charge is 2.39. The van der Waals surface area contributed by atoms with Gasteiger partial charge >= 0.3 is 0 Å². The van der Waals surface area contributed by atoms with Gasteiger partial charge in [0, 0.05) is 25.2 Å². The molecule has 0 unspecified atom stereocenters. The van der Waals surface area contributed by atoms with E-state index < -0.39 is 0 Å². The van der Waals surface area contributed by atoms with Crippen molar-refractivity contribution in [2.75, 3.05) is 13.2 Å². The van der Waals surface area contributed by atoms with E-state index in [2.05, 4.69) is 11.1 Å². The molecule has 1 aromatic rings. The van der Waals surface area contributed by atoms with Gasteiger partial charge in [-0.25, -0.2) is 0 Å². The summed E-state index contributed by atoms with van der Waals surface area (Å²) in [4.78, 5) is 4.13. The van der Waals surface area contributed by atoms with Crippen molar-refractivity contribution in [1.82, 2.24) is 4.98 Å². The first-order valence-electron chi connectivity index (χ1n) is 5.08. The average molecular weight is 191 g/mol. The summed E-state index contributed by atoms with van der Waals surface area (Å²) in [6, 6.07) is 2.07. The molecule has 2 aliphatic rings. The lowest BCUT2D eigenvalue weighted by Crippen LogP contribution is -2.36. The highest BCUT2D eigenvalue weighted by Crippen LogP contribution is 2.34. The lowest BCUT2D eigenvalue weighted by atomic mass is 9.89. The molecular weight excluding hydrogens is 178 g/mol. The van der Waals surface area contributed by atoms with E-state index in [0.29, 0.717) is 0 Å². The van der Waals surface area contributed by atoms with Crippen LogP contribution in [0.15, 0.2) is 18.5 Å². The maximum absolute atomic E-state index is 5.70. The number of aromatic nitrogens is 1. The number of hydrogen-bond donors (Lipinski definition) is 0. The fourth-order valence-corrected chi connectivity index (χ4v) is 2.30. The zero-order chi connectivity index (χ0) is 9.43. The molecule has 0 aromatic carbocycles. The Morgan fingerprint density at radius 3 is 2.93 bits per heavy atom. The molecule has 0 bridgehead atoms. The average Bonchev–Trinajstić information content (AvgIpc) is 2.66. The molecule has 1 fully saturated rings. The summed E-state index contributed by atoms with van der Waals surface area (Å²) in [5.41, 5.74) is 2.67. The first kappa shape index (κ1) is 8.38. The Balaban J connectivity index is 1.92. The number of rotatable bonds is 0. The van der Waals surface area contributed by atoms with Crippen LogP contribution in [0.1, 0.15) is 17.5 Å². The van der Waals surface area contributed by atoms with Gasteiger partial charge in [0.25, 0.3) is 0 Å². The van der Waals surface area contributed by atoms with Gasteiger partial charge in [0.15, 0.2) is 5.79 Å². The second-order valence-corrected chi connectivity index (χ2v) is 3.93. The predicted octanol–water partition coefficient (Wildman–Crippen LogP) is 1.31. The quantitative estimate of drug-likeness (QED) is 0.619. The molecular formula is C11H13NO2. The van der Waals surface area contributed by atoms with Crippen molar-refractivity contribution in [3.8, 4) is 0 Å². The third kappa shape index (κ3) is 1.24. The molecule has 14 heavy (non-hydrogen) atoms. The van der Waals surface area contributed by atoms with Crippen LogP contribution in [0.25, 0.3) is 0 Å². The highest BCUT2D eigenvalue weighted by molar-refractivity contribution is 5.27. The summed E-state index contributed by atoms with van der Waals surface area (Å²) in [7, 11) is 0. The lowest BCUT2D eigenvalue weighted by molar-refractivity contribution is -0.163. The third-order valence-electron chi connectivity index (χ3n) is 3.05. The molecule has 3 heteroatoms. The van der Waals surface area contributed by atoms with Crippen molar-refractivity contribution in [1.29, 1.82) is 0 Å². The van der Waals surface area contributed by atoms with Crippen LogP contribution in [0, 0.1) is 0 Å². The van der Waals surface area contributed by atoms with E-state index in [0.717, 1.165) is 32.5 Å². The molecule has 1 saturated heterocycles. The standard InChI is InChI=1S/C11H13NO2/c1-3-11(13-5-6-14-11)7-9-2-4-12-8-10(1)9/h2,4,8H,1,3,5-7H2. The van der Waals surface area contributed by atoms with Crippen LogP contribution in [0.3, 0.4) is 0 Å². The van der Waals surface area contributed by atoms with Gasteiger partial charge in [0.05, 0.1) is 13.2 Å². The minimum Gasteiger partial charge on any atom is -0.347 e.